The van der Waals surface area contributed by atoms with Crippen LogP contribution in [0.4, 0.5) is 5.69 Å². The first-order valence-electron chi connectivity index (χ1n) is 9.28. The number of para-hydroxylation sites is 1. The molecule has 0 saturated carbocycles. The summed E-state index contributed by atoms with van der Waals surface area (Å²) in [6.07, 6.45) is 0. The zero-order valence-electron chi connectivity index (χ0n) is 16.1. The zero-order chi connectivity index (χ0) is 21.1. The van der Waals surface area contributed by atoms with Gasteiger partial charge in [-0.3, -0.25) is 14.2 Å². The molecule has 0 aliphatic carbocycles. The Morgan fingerprint density at radius 2 is 1.73 bits per heavy atom. The predicted octanol–water partition coefficient (Wildman–Crippen LogP) is 5.08. The molecule has 0 saturated heterocycles. The van der Waals surface area contributed by atoms with Gasteiger partial charge in [-0.15, -0.1) is 0 Å². The first-order valence-corrected chi connectivity index (χ1v) is 10.6. The standard InChI is InChI=1S/C23H18ClN3O2S/c1-15-6-10-17(11-7-15)25-21(28)14-30-23-26-20-5-3-2-4-19(20)22(29)27(23)18-12-8-16(24)9-13-18/h2-13H,14H2,1H3,(H,25,28). The molecule has 0 bridgehead atoms. The first-order chi connectivity index (χ1) is 14.5. The molecule has 0 spiro atoms. The van der Waals surface area contributed by atoms with Crippen LogP contribution in [0.15, 0.2) is 82.7 Å². The SMILES string of the molecule is Cc1ccc(NC(=O)CSc2nc3ccccc3c(=O)n2-c2ccc(Cl)cc2)cc1. The smallest absolute Gasteiger partial charge is 0.266 e. The second-order valence-corrected chi connectivity index (χ2v) is 8.11. The second-order valence-electron chi connectivity index (χ2n) is 6.73. The summed E-state index contributed by atoms with van der Waals surface area (Å²) in [6, 6.07) is 21.7. The van der Waals surface area contributed by atoms with Crippen LogP contribution in [0.5, 0.6) is 0 Å². The van der Waals surface area contributed by atoms with E-state index in [2.05, 4.69) is 10.3 Å². The van der Waals surface area contributed by atoms with Crippen LogP contribution < -0.4 is 10.9 Å². The van der Waals surface area contributed by atoms with Crippen molar-refractivity contribution >= 4 is 45.9 Å². The number of rotatable bonds is 5. The van der Waals surface area contributed by atoms with E-state index in [0.717, 1.165) is 11.3 Å². The molecular weight excluding hydrogens is 418 g/mol. The molecule has 4 aromatic rings. The molecule has 0 aliphatic rings. The molecule has 3 aromatic carbocycles. The number of aromatic nitrogens is 2. The zero-order valence-corrected chi connectivity index (χ0v) is 17.7. The van der Waals surface area contributed by atoms with Crippen LogP contribution in [0.2, 0.25) is 5.02 Å². The highest BCUT2D eigenvalue weighted by molar-refractivity contribution is 7.99. The van der Waals surface area contributed by atoms with Crippen molar-refractivity contribution in [1.82, 2.24) is 9.55 Å². The normalized spacial score (nSPS) is 10.9. The summed E-state index contributed by atoms with van der Waals surface area (Å²) in [5.74, 6) is -0.0550. The minimum atomic E-state index is -0.190. The summed E-state index contributed by atoms with van der Waals surface area (Å²) in [5, 5.41) is 4.40. The van der Waals surface area contributed by atoms with Crippen molar-refractivity contribution < 1.29 is 4.79 Å². The Kier molecular flexibility index (Phi) is 5.88. The van der Waals surface area contributed by atoms with Crippen molar-refractivity contribution in [2.75, 3.05) is 11.1 Å². The molecule has 1 heterocycles. The van der Waals surface area contributed by atoms with Crippen LogP contribution in [0.3, 0.4) is 0 Å². The number of nitrogens with zero attached hydrogens (tertiary/aromatic N) is 2. The third-order valence-electron chi connectivity index (χ3n) is 4.50. The highest BCUT2D eigenvalue weighted by Gasteiger charge is 2.15. The fourth-order valence-corrected chi connectivity index (χ4v) is 3.93. The minimum absolute atomic E-state index is 0.117. The number of benzene rings is 3. The Balaban J connectivity index is 1.66. The van der Waals surface area contributed by atoms with Crippen LogP contribution in [-0.4, -0.2) is 21.2 Å². The van der Waals surface area contributed by atoms with E-state index in [1.807, 2.05) is 37.3 Å². The van der Waals surface area contributed by atoms with Gasteiger partial charge in [0.2, 0.25) is 5.91 Å². The van der Waals surface area contributed by atoms with Crippen molar-refractivity contribution in [3.05, 3.63) is 93.7 Å². The van der Waals surface area contributed by atoms with Crippen LogP contribution in [-0.2, 0) is 4.79 Å². The fraction of sp³-hybridized carbons (Fsp3) is 0.0870. The van der Waals surface area contributed by atoms with E-state index < -0.39 is 0 Å². The van der Waals surface area contributed by atoms with Gasteiger partial charge in [0.1, 0.15) is 0 Å². The highest BCUT2D eigenvalue weighted by Crippen LogP contribution is 2.22. The molecule has 5 nitrogen and oxygen atoms in total. The maximum Gasteiger partial charge on any atom is 0.266 e. The van der Waals surface area contributed by atoms with Gasteiger partial charge in [-0.05, 0) is 55.5 Å². The monoisotopic (exact) mass is 435 g/mol. The van der Waals surface area contributed by atoms with Crippen molar-refractivity contribution in [3.8, 4) is 5.69 Å². The van der Waals surface area contributed by atoms with Crippen LogP contribution >= 0.6 is 23.4 Å². The Morgan fingerprint density at radius 1 is 1.03 bits per heavy atom. The molecule has 0 radical (unpaired) electrons. The Hall–Kier alpha value is -3.09. The summed E-state index contributed by atoms with van der Waals surface area (Å²) in [7, 11) is 0. The predicted molar refractivity (Wildman–Crippen MR) is 123 cm³/mol. The maximum atomic E-state index is 13.2. The number of anilines is 1. The maximum absolute atomic E-state index is 13.2. The number of aryl methyl sites for hydroxylation is 1. The van der Waals surface area contributed by atoms with Crippen molar-refractivity contribution in [2.45, 2.75) is 12.1 Å². The number of halogens is 1. The van der Waals surface area contributed by atoms with E-state index in [4.69, 9.17) is 11.6 Å². The number of carbonyl (C=O) groups excluding carboxylic acids is 1. The first kappa shape index (κ1) is 20.2. The number of nitrogens with one attached hydrogen (secondary N) is 1. The molecule has 4 rings (SSSR count). The number of fused-ring (bicyclic) bond motifs is 1. The average Bonchev–Trinajstić information content (AvgIpc) is 2.75. The summed E-state index contributed by atoms with van der Waals surface area (Å²) in [4.78, 5) is 30.3. The number of carbonyl (C=O) groups is 1. The van der Waals surface area contributed by atoms with E-state index in [1.165, 1.54) is 16.3 Å². The van der Waals surface area contributed by atoms with Gasteiger partial charge in [-0.1, -0.05) is 53.2 Å². The molecule has 30 heavy (non-hydrogen) atoms. The Labute approximate surface area is 182 Å². The molecule has 0 unspecified atom stereocenters. The summed E-state index contributed by atoms with van der Waals surface area (Å²) < 4.78 is 1.52. The van der Waals surface area contributed by atoms with Crippen molar-refractivity contribution in [3.63, 3.8) is 0 Å². The Bertz CT molecular complexity index is 1270. The average molecular weight is 436 g/mol. The number of thioether (sulfide) groups is 1. The lowest BCUT2D eigenvalue weighted by molar-refractivity contribution is -0.113. The minimum Gasteiger partial charge on any atom is -0.325 e. The molecule has 150 valence electrons. The van der Waals surface area contributed by atoms with E-state index in [0.29, 0.717) is 26.8 Å². The third kappa shape index (κ3) is 4.40. The van der Waals surface area contributed by atoms with Crippen molar-refractivity contribution in [2.24, 2.45) is 0 Å². The molecule has 1 aromatic heterocycles. The van der Waals surface area contributed by atoms with Gasteiger partial charge in [0, 0.05) is 10.7 Å². The Morgan fingerprint density at radius 3 is 2.47 bits per heavy atom. The van der Waals surface area contributed by atoms with Gasteiger partial charge in [-0.25, -0.2) is 4.98 Å². The van der Waals surface area contributed by atoms with Crippen LogP contribution in [0, 0.1) is 6.92 Å². The van der Waals surface area contributed by atoms with Crippen LogP contribution in [0.25, 0.3) is 16.6 Å². The largest absolute Gasteiger partial charge is 0.325 e. The lowest BCUT2D eigenvalue weighted by Gasteiger charge is -2.13. The molecule has 0 aliphatic heterocycles. The topological polar surface area (TPSA) is 64.0 Å². The molecule has 0 atom stereocenters. The summed E-state index contributed by atoms with van der Waals surface area (Å²) in [5.41, 5.74) is 2.89. The molecule has 1 amide bonds. The van der Waals surface area contributed by atoms with E-state index in [-0.39, 0.29) is 17.2 Å². The molecule has 7 heteroatoms. The molecule has 1 N–H and O–H groups in total. The van der Waals surface area contributed by atoms with Gasteiger partial charge >= 0.3 is 0 Å². The molecule has 0 fully saturated rings. The fourth-order valence-electron chi connectivity index (χ4n) is 2.99. The lowest BCUT2D eigenvalue weighted by Crippen LogP contribution is -2.22. The quantitative estimate of drug-likeness (QED) is 0.351. The number of hydrogen-bond donors (Lipinski definition) is 1. The van der Waals surface area contributed by atoms with Gasteiger partial charge in [0.25, 0.3) is 5.56 Å². The van der Waals surface area contributed by atoms with Gasteiger partial charge in [0.05, 0.1) is 22.3 Å². The van der Waals surface area contributed by atoms with Crippen molar-refractivity contribution in [1.29, 1.82) is 0 Å². The van der Waals surface area contributed by atoms with E-state index in [1.54, 1.807) is 42.5 Å². The summed E-state index contributed by atoms with van der Waals surface area (Å²) in [6.45, 7) is 1.99. The summed E-state index contributed by atoms with van der Waals surface area (Å²) >= 11 is 7.21. The van der Waals surface area contributed by atoms with Gasteiger partial charge < -0.3 is 5.32 Å². The lowest BCUT2D eigenvalue weighted by atomic mass is 10.2. The third-order valence-corrected chi connectivity index (χ3v) is 5.69. The van der Waals surface area contributed by atoms with E-state index in [9.17, 15) is 9.59 Å². The second kappa shape index (κ2) is 8.73. The highest BCUT2D eigenvalue weighted by atomic mass is 35.5. The van der Waals surface area contributed by atoms with Gasteiger partial charge in [-0.2, -0.15) is 0 Å². The number of amides is 1. The van der Waals surface area contributed by atoms with Gasteiger partial charge in [0.15, 0.2) is 5.16 Å². The molecular formula is C23H18ClN3O2S. The van der Waals surface area contributed by atoms with E-state index >= 15 is 0 Å². The number of hydrogen-bond acceptors (Lipinski definition) is 4. The van der Waals surface area contributed by atoms with Crippen LogP contribution in [0.1, 0.15) is 5.56 Å².